The first-order chi connectivity index (χ1) is 5.11. The van der Waals surface area contributed by atoms with E-state index in [4.69, 9.17) is 10.8 Å². The lowest BCUT2D eigenvalue weighted by molar-refractivity contribution is -0.125. The van der Waals surface area contributed by atoms with E-state index in [2.05, 4.69) is 5.32 Å². The zero-order valence-electron chi connectivity index (χ0n) is 6.28. The molecule has 1 amide bonds. The highest BCUT2D eigenvalue weighted by Crippen LogP contribution is 1.79. The van der Waals surface area contributed by atoms with Crippen molar-refractivity contribution in [2.24, 2.45) is 5.73 Å². The molecule has 0 spiro atoms. The van der Waals surface area contributed by atoms with Crippen molar-refractivity contribution in [3.63, 3.8) is 0 Å². The Hall–Kier alpha value is -0.940. The monoisotopic (exact) mass is 160 g/mol. The molecule has 5 nitrogen and oxygen atoms in total. The molecule has 4 N–H and O–H groups in total. The van der Waals surface area contributed by atoms with Crippen molar-refractivity contribution in [2.75, 3.05) is 6.61 Å². The van der Waals surface area contributed by atoms with Gasteiger partial charge in [-0.25, -0.2) is 0 Å². The number of aliphatic hydroxyl groups is 1. The van der Waals surface area contributed by atoms with Gasteiger partial charge in [-0.15, -0.1) is 0 Å². The number of aldehydes is 1. The summed E-state index contributed by atoms with van der Waals surface area (Å²) in [5.41, 5.74) is 5.18. The second-order valence-corrected chi connectivity index (χ2v) is 2.22. The maximum Gasteiger partial charge on any atom is 0.237 e. The molecular formula is C6H12N2O3. The number of nitrogens with one attached hydrogen (secondary N) is 1. The third-order valence-electron chi connectivity index (χ3n) is 1.10. The van der Waals surface area contributed by atoms with Crippen LogP contribution in [0.15, 0.2) is 0 Å². The predicted octanol–water partition coefficient (Wildman–Crippen LogP) is -1.99. The fourth-order valence-electron chi connectivity index (χ4n) is 0.437. The van der Waals surface area contributed by atoms with E-state index in [9.17, 15) is 9.59 Å². The molecule has 0 aromatic heterocycles. The Bertz CT molecular complexity index is 147. The maximum absolute atomic E-state index is 10.8. The van der Waals surface area contributed by atoms with Gasteiger partial charge in [0.2, 0.25) is 5.91 Å². The fourth-order valence-corrected chi connectivity index (χ4v) is 0.437. The zero-order chi connectivity index (χ0) is 8.85. The molecule has 0 aliphatic carbocycles. The van der Waals surface area contributed by atoms with Gasteiger partial charge >= 0.3 is 0 Å². The van der Waals surface area contributed by atoms with Crippen molar-refractivity contribution < 1.29 is 14.7 Å². The second-order valence-electron chi connectivity index (χ2n) is 2.22. The van der Waals surface area contributed by atoms with Crippen LogP contribution in [0.5, 0.6) is 0 Å². The Morgan fingerprint density at radius 3 is 2.64 bits per heavy atom. The third kappa shape index (κ3) is 3.69. The van der Waals surface area contributed by atoms with E-state index in [1.165, 1.54) is 6.92 Å². The molecule has 0 unspecified atom stereocenters. The predicted molar refractivity (Wildman–Crippen MR) is 38.7 cm³/mol. The van der Waals surface area contributed by atoms with Crippen LogP contribution < -0.4 is 11.1 Å². The summed E-state index contributed by atoms with van der Waals surface area (Å²) in [6.07, 6.45) is 0.459. The van der Waals surface area contributed by atoms with Crippen molar-refractivity contribution in [1.82, 2.24) is 5.32 Å². The molecule has 64 valence electrons. The van der Waals surface area contributed by atoms with Crippen LogP contribution in [-0.4, -0.2) is 36.0 Å². The summed E-state index contributed by atoms with van der Waals surface area (Å²) in [6.45, 7) is 1.09. The van der Waals surface area contributed by atoms with Gasteiger partial charge in [0.1, 0.15) is 12.3 Å². The molecule has 11 heavy (non-hydrogen) atoms. The molecule has 0 rings (SSSR count). The summed E-state index contributed by atoms with van der Waals surface area (Å²) in [7, 11) is 0. The molecule has 0 aliphatic heterocycles. The van der Waals surface area contributed by atoms with Gasteiger partial charge in [-0.2, -0.15) is 0 Å². The van der Waals surface area contributed by atoms with E-state index in [0.717, 1.165) is 0 Å². The van der Waals surface area contributed by atoms with Gasteiger partial charge in [-0.05, 0) is 6.92 Å². The Balaban J connectivity index is 3.81. The van der Waals surface area contributed by atoms with Crippen LogP contribution in [0.25, 0.3) is 0 Å². The van der Waals surface area contributed by atoms with E-state index >= 15 is 0 Å². The average Bonchev–Trinajstić information content (AvgIpc) is 1.99. The van der Waals surface area contributed by atoms with Crippen LogP contribution in [0.4, 0.5) is 0 Å². The first-order valence-corrected chi connectivity index (χ1v) is 3.24. The summed E-state index contributed by atoms with van der Waals surface area (Å²) < 4.78 is 0. The molecule has 0 aromatic carbocycles. The lowest BCUT2D eigenvalue weighted by atomic mass is 10.3. The van der Waals surface area contributed by atoms with Crippen LogP contribution >= 0.6 is 0 Å². The number of amides is 1. The molecule has 5 heteroatoms. The summed E-state index contributed by atoms with van der Waals surface area (Å²) in [5.74, 6) is -0.448. The molecule has 0 aromatic rings. The smallest absolute Gasteiger partial charge is 0.237 e. The highest BCUT2D eigenvalue weighted by atomic mass is 16.3. The molecule has 0 aliphatic rings. The number of hydrogen-bond donors (Lipinski definition) is 3. The Morgan fingerprint density at radius 1 is 1.82 bits per heavy atom. The fraction of sp³-hybridized carbons (Fsp3) is 0.667. The van der Waals surface area contributed by atoms with Crippen molar-refractivity contribution in [3.8, 4) is 0 Å². The number of hydrogen-bond acceptors (Lipinski definition) is 4. The van der Waals surface area contributed by atoms with Crippen molar-refractivity contribution >= 4 is 12.2 Å². The van der Waals surface area contributed by atoms with Gasteiger partial charge in [0.25, 0.3) is 0 Å². The molecule has 0 saturated heterocycles. The van der Waals surface area contributed by atoms with Gasteiger partial charge in [0.15, 0.2) is 0 Å². The Morgan fingerprint density at radius 2 is 2.36 bits per heavy atom. The minimum absolute atomic E-state index is 0.401. The maximum atomic E-state index is 10.8. The molecule has 0 radical (unpaired) electrons. The number of aliphatic hydroxyl groups excluding tert-OH is 1. The number of carbonyl (C=O) groups excluding carboxylic acids is 2. The highest BCUT2D eigenvalue weighted by Gasteiger charge is 2.12. The van der Waals surface area contributed by atoms with Gasteiger partial charge in [0.05, 0.1) is 12.6 Å². The van der Waals surface area contributed by atoms with Crippen LogP contribution in [0.2, 0.25) is 0 Å². The van der Waals surface area contributed by atoms with E-state index in [1.54, 1.807) is 0 Å². The van der Waals surface area contributed by atoms with E-state index in [-0.39, 0.29) is 0 Å². The molecule has 0 saturated carbocycles. The largest absolute Gasteiger partial charge is 0.394 e. The van der Waals surface area contributed by atoms with Crippen LogP contribution in [0.3, 0.4) is 0 Å². The normalized spacial score (nSPS) is 15.2. The Labute approximate surface area is 64.6 Å². The molecule has 0 bridgehead atoms. The summed E-state index contributed by atoms with van der Waals surface area (Å²) in [6, 6.07) is -1.50. The zero-order valence-corrected chi connectivity index (χ0v) is 6.28. The van der Waals surface area contributed by atoms with Gasteiger partial charge in [-0.1, -0.05) is 0 Å². The van der Waals surface area contributed by atoms with Crippen LogP contribution in [-0.2, 0) is 9.59 Å². The minimum atomic E-state index is -0.839. The van der Waals surface area contributed by atoms with Gasteiger partial charge < -0.3 is 21.0 Å². The van der Waals surface area contributed by atoms with Crippen LogP contribution in [0.1, 0.15) is 6.92 Å². The van der Waals surface area contributed by atoms with E-state index in [0.29, 0.717) is 6.29 Å². The van der Waals surface area contributed by atoms with E-state index in [1.807, 2.05) is 0 Å². The minimum Gasteiger partial charge on any atom is -0.394 e. The van der Waals surface area contributed by atoms with Crippen molar-refractivity contribution in [2.45, 2.75) is 19.0 Å². The number of rotatable bonds is 4. The lowest BCUT2D eigenvalue weighted by Crippen LogP contribution is -2.46. The van der Waals surface area contributed by atoms with Crippen LogP contribution in [0, 0.1) is 0 Å². The highest BCUT2D eigenvalue weighted by molar-refractivity contribution is 5.83. The molecule has 0 heterocycles. The first-order valence-electron chi connectivity index (χ1n) is 3.24. The number of carbonyl (C=O) groups is 2. The van der Waals surface area contributed by atoms with Gasteiger partial charge in [-0.3, -0.25) is 4.79 Å². The van der Waals surface area contributed by atoms with E-state index < -0.39 is 24.6 Å². The second kappa shape index (κ2) is 4.81. The third-order valence-corrected chi connectivity index (χ3v) is 1.10. The topological polar surface area (TPSA) is 92.4 Å². The quantitative estimate of drug-likeness (QED) is 0.415. The lowest BCUT2D eigenvalue weighted by Gasteiger charge is -2.11. The summed E-state index contributed by atoms with van der Waals surface area (Å²) in [4.78, 5) is 20.8. The SMILES string of the molecule is C[C@H](N)C(=O)N[C@H](C=O)CO. The molecular weight excluding hydrogens is 148 g/mol. The molecule has 0 fully saturated rings. The van der Waals surface area contributed by atoms with Crippen molar-refractivity contribution in [1.29, 1.82) is 0 Å². The summed E-state index contributed by atoms with van der Waals surface area (Å²) >= 11 is 0. The first kappa shape index (κ1) is 10.1. The average molecular weight is 160 g/mol. The number of nitrogens with two attached hydrogens (primary N) is 1. The molecule has 2 atom stereocenters. The van der Waals surface area contributed by atoms with Gasteiger partial charge in [0, 0.05) is 0 Å². The summed E-state index contributed by atoms with van der Waals surface area (Å²) in [5, 5.41) is 10.7. The van der Waals surface area contributed by atoms with Crippen molar-refractivity contribution in [3.05, 3.63) is 0 Å². The Kier molecular flexibility index (Phi) is 4.40. The standard InChI is InChI=1S/C6H12N2O3/c1-4(7)6(11)8-5(2-9)3-10/h2,4-5,10H,3,7H2,1H3,(H,8,11)/t4-,5+/m0/s1.